The number of nitrogens with one attached hydrogen (secondary N) is 1. The molecule has 1 aliphatic heterocycles. The van der Waals surface area contributed by atoms with Gasteiger partial charge in [0.15, 0.2) is 11.5 Å². The van der Waals surface area contributed by atoms with E-state index >= 15 is 0 Å². The smallest absolute Gasteiger partial charge is 0.245 e. The van der Waals surface area contributed by atoms with Crippen molar-refractivity contribution in [2.75, 3.05) is 29.2 Å². The topological polar surface area (TPSA) is 84.9 Å². The molecule has 8 heteroatoms. The average Bonchev–Trinajstić information content (AvgIpc) is 3.08. The minimum Gasteiger partial charge on any atom is -0.454 e. The number of fused-ring (bicyclic) bond motifs is 1. The highest BCUT2D eigenvalue weighted by Gasteiger charge is 2.24. The van der Waals surface area contributed by atoms with E-state index in [9.17, 15) is 13.2 Å². The number of aryl methyl sites for hydroxylation is 1. The predicted molar refractivity (Wildman–Crippen MR) is 109 cm³/mol. The van der Waals surface area contributed by atoms with Crippen molar-refractivity contribution in [3.05, 3.63) is 47.5 Å². The third-order valence-electron chi connectivity index (χ3n) is 4.52. The number of para-hydroxylation sites is 1. The van der Waals surface area contributed by atoms with Gasteiger partial charge in [0, 0.05) is 11.8 Å². The van der Waals surface area contributed by atoms with Crippen LogP contribution in [0.5, 0.6) is 11.5 Å². The normalized spacial score (nSPS) is 12.9. The van der Waals surface area contributed by atoms with E-state index in [1.54, 1.807) is 18.2 Å². The Morgan fingerprint density at radius 1 is 1.18 bits per heavy atom. The molecule has 0 unspecified atom stereocenters. The van der Waals surface area contributed by atoms with Crippen molar-refractivity contribution in [1.82, 2.24) is 0 Å². The molecule has 0 fully saturated rings. The summed E-state index contributed by atoms with van der Waals surface area (Å²) in [4.78, 5) is 12.7. The van der Waals surface area contributed by atoms with Crippen LogP contribution in [0.3, 0.4) is 0 Å². The van der Waals surface area contributed by atoms with E-state index in [-0.39, 0.29) is 19.3 Å². The van der Waals surface area contributed by atoms with Crippen LogP contribution in [0, 0.1) is 6.92 Å². The molecular formula is C20H24N2O5S. The molecule has 3 rings (SSSR count). The number of amides is 1. The Morgan fingerprint density at radius 3 is 2.57 bits per heavy atom. The number of carbonyl (C=O) groups excluding carboxylic acids is 1. The number of rotatable bonds is 6. The summed E-state index contributed by atoms with van der Waals surface area (Å²) in [5.74, 6) is 0.796. The summed E-state index contributed by atoms with van der Waals surface area (Å²) in [6, 6.07) is 10.6. The SMILES string of the molecule is Cc1cccc(C(C)C)c1NC(=O)CN(c1ccc2c(c1)OCO2)S(C)(=O)=O. The molecule has 28 heavy (non-hydrogen) atoms. The van der Waals surface area contributed by atoms with Crippen LogP contribution in [0.1, 0.15) is 30.9 Å². The fourth-order valence-corrected chi connectivity index (χ4v) is 3.94. The Balaban J connectivity index is 1.86. The van der Waals surface area contributed by atoms with Crippen LogP contribution in [-0.4, -0.2) is 33.9 Å². The second kappa shape index (κ2) is 7.71. The number of nitrogens with zero attached hydrogens (tertiary/aromatic N) is 1. The molecule has 150 valence electrons. The first-order valence-corrected chi connectivity index (χ1v) is 10.8. The third kappa shape index (κ3) is 4.22. The van der Waals surface area contributed by atoms with Gasteiger partial charge in [0.25, 0.3) is 0 Å². The molecule has 2 aromatic carbocycles. The molecule has 1 N–H and O–H groups in total. The zero-order valence-corrected chi connectivity index (χ0v) is 17.2. The van der Waals surface area contributed by atoms with E-state index in [0.29, 0.717) is 17.2 Å². The number of anilines is 2. The molecule has 1 aliphatic rings. The van der Waals surface area contributed by atoms with Crippen molar-refractivity contribution in [2.45, 2.75) is 26.7 Å². The van der Waals surface area contributed by atoms with Gasteiger partial charge in [0.1, 0.15) is 6.54 Å². The molecule has 0 aliphatic carbocycles. The lowest BCUT2D eigenvalue weighted by Gasteiger charge is -2.23. The predicted octanol–water partition coefficient (Wildman–Crippen LogP) is 3.25. The largest absolute Gasteiger partial charge is 0.454 e. The van der Waals surface area contributed by atoms with Gasteiger partial charge in [-0.2, -0.15) is 0 Å². The van der Waals surface area contributed by atoms with Gasteiger partial charge in [0.05, 0.1) is 11.9 Å². The molecule has 0 spiro atoms. The van der Waals surface area contributed by atoms with Gasteiger partial charge in [-0.15, -0.1) is 0 Å². The summed E-state index contributed by atoms with van der Waals surface area (Å²) in [5.41, 5.74) is 2.99. The molecule has 7 nitrogen and oxygen atoms in total. The fraction of sp³-hybridized carbons (Fsp3) is 0.350. The van der Waals surface area contributed by atoms with Crippen LogP contribution in [0.2, 0.25) is 0 Å². The van der Waals surface area contributed by atoms with Gasteiger partial charge < -0.3 is 14.8 Å². The lowest BCUT2D eigenvalue weighted by Crippen LogP contribution is -2.37. The zero-order chi connectivity index (χ0) is 20.5. The number of hydrogen-bond acceptors (Lipinski definition) is 5. The maximum absolute atomic E-state index is 12.7. The molecule has 0 radical (unpaired) electrons. The van der Waals surface area contributed by atoms with E-state index in [1.807, 2.05) is 39.0 Å². The van der Waals surface area contributed by atoms with E-state index < -0.39 is 15.9 Å². The Hall–Kier alpha value is -2.74. The van der Waals surface area contributed by atoms with Crippen LogP contribution < -0.4 is 19.1 Å². The molecule has 0 aromatic heterocycles. The minimum absolute atomic E-state index is 0.0867. The van der Waals surface area contributed by atoms with Gasteiger partial charge in [-0.1, -0.05) is 32.0 Å². The first-order chi connectivity index (χ1) is 13.2. The van der Waals surface area contributed by atoms with E-state index in [2.05, 4.69) is 5.32 Å². The van der Waals surface area contributed by atoms with Crippen molar-refractivity contribution >= 4 is 27.3 Å². The summed E-state index contributed by atoms with van der Waals surface area (Å²) in [6.07, 6.45) is 1.07. The number of carbonyl (C=O) groups is 1. The van der Waals surface area contributed by atoms with Gasteiger partial charge in [-0.05, 0) is 36.1 Å². The van der Waals surface area contributed by atoms with Crippen molar-refractivity contribution in [3.8, 4) is 11.5 Å². The van der Waals surface area contributed by atoms with Crippen LogP contribution >= 0.6 is 0 Å². The third-order valence-corrected chi connectivity index (χ3v) is 5.66. The highest BCUT2D eigenvalue weighted by Crippen LogP contribution is 2.36. The first-order valence-electron chi connectivity index (χ1n) is 8.93. The number of benzene rings is 2. The average molecular weight is 404 g/mol. The van der Waals surface area contributed by atoms with Crippen molar-refractivity contribution in [1.29, 1.82) is 0 Å². The summed E-state index contributed by atoms with van der Waals surface area (Å²) in [6.45, 7) is 5.74. The standard InChI is InChI=1S/C20H24N2O5S/c1-13(2)16-7-5-6-14(3)20(16)21-19(23)11-22(28(4,24)25)15-8-9-17-18(10-15)27-12-26-17/h5-10,13H,11-12H2,1-4H3,(H,21,23). The summed E-state index contributed by atoms with van der Waals surface area (Å²) < 4.78 is 36.3. The second-order valence-corrected chi connectivity index (χ2v) is 8.96. The van der Waals surface area contributed by atoms with Crippen molar-refractivity contribution in [3.63, 3.8) is 0 Å². The fourth-order valence-electron chi connectivity index (χ4n) is 3.09. The lowest BCUT2D eigenvalue weighted by atomic mass is 9.98. The Kier molecular flexibility index (Phi) is 5.51. The van der Waals surface area contributed by atoms with Crippen LogP contribution in [-0.2, 0) is 14.8 Å². The number of sulfonamides is 1. The van der Waals surface area contributed by atoms with Crippen LogP contribution in [0.4, 0.5) is 11.4 Å². The Morgan fingerprint density at radius 2 is 1.89 bits per heavy atom. The lowest BCUT2D eigenvalue weighted by molar-refractivity contribution is -0.114. The molecule has 1 heterocycles. The molecule has 1 amide bonds. The summed E-state index contributed by atoms with van der Waals surface area (Å²) in [5, 5.41) is 2.88. The van der Waals surface area contributed by atoms with Crippen molar-refractivity contribution < 1.29 is 22.7 Å². The van der Waals surface area contributed by atoms with Crippen LogP contribution in [0.25, 0.3) is 0 Å². The molecule has 2 aromatic rings. The highest BCUT2D eigenvalue weighted by atomic mass is 32.2. The van der Waals surface area contributed by atoms with E-state index in [1.165, 1.54) is 0 Å². The maximum Gasteiger partial charge on any atom is 0.245 e. The van der Waals surface area contributed by atoms with E-state index in [4.69, 9.17) is 9.47 Å². The van der Waals surface area contributed by atoms with Crippen molar-refractivity contribution in [2.24, 2.45) is 0 Å². The van der Waals surface area contributed by atoms with Gasteiger partial charge in [-0.25, -0.2) is 8.42 Å². The molecule has 0 bridgehead atoms. The number of hydrogen-bond donors (Lipinski definition) is 1. The molecule has 0 saturated heterocycles. The maximum atomic E-state index is 12.7. The monoisotopic (exact) mass is 404 g/mol. The summed E-state index contributed by atoms with van der Waals surface area (Å²) in [7, 11) is -3.68. The second-order valence-electron chi connectivity index (χ2n) is 7.05. The first kappa shape index (κ1) is 20.0. The molecule has 0 saturated carbocycles. The highest BCUT2D eigenvalue weighted by molar-refractivity contribution is 7.92. The number of ether oxygens (including phenoxy) is 2. The van der Waals surface area contributed by atoms with Gasteiger partial charge in [0.2, 0.25) is 22.7 Å². The molecule has 0 atom stereocenters. The zero-order valence-electron chi connectivity index (χ0n) is 16.4. The Labute approximate surface area is 165 Å². The molecular weight excluding hydrogens is 380 g/mol. The van der Waals surface area contributed by atoms with E-state index in [0.717, 1.165) is 27.4 Å². The summed E-state index contributed by atoms with van der Waals surface area (Å²) >= 11 is 0. The van der Waals surface area contributed by atoms with Gasteiger partial charge in [-0.3, -0.25) is 9.10 Å². The quantitative estimate of drug-likeness (QED) is 0.799. The van der Waals surface area contributed by atoms with Crippen LogP contribution in [0.15, 0.2) is 36.4 Å². The minimum atomic E-state index is -3.68. The van der Waals surface area contributed by atoms with Gasteiger partial charge >= 0.3 is 0 Å². The Bertz CT molecular complexity index is 1000.